The van der Waals surface area contributed by atoms with Crippen LogP contribution in [-0.2, 0) is 4.79 Å². The molecule has 1 unspecified atom stereocenters. The van der Waals surface area contributed by atoms with Crippen LogP contribution in [0.2, 0.25) is 0 Å². The highest BCUT2D eigenvalue weighted by molar-refractivity contribution is 5.81. The Kier molecular flexibility index (Phi) is 3.85. The summed E-state index contributed by atoms with van der Waals surface area (Å²) in [7, 11) is 0. The van der Waals surface area contributed by atoms with Crippen LogP contribution in [0.25, 0.3) is 0 Å². The number of hydrogen-bond acceptors (Lipinski definition) is 5. The molecule has 0 amide bonds. The van der Waals surface area contributed by atoms with Crippen LogP contribution in [0.15, 0.2) is 35.1 Å². The number of aliphatic imine (C=N–C) groups is 1. The highest BCUT2D eigenvalue weighted by atomic mass is 16.1. The lowest BCUT2D eigenvalue weighted by Crippen LogP contribution is -2.40. The predicted octanol–water partition coefficient (Wildman–Crippen LogP) is 0.892. The van der Waals surface area contributed by atoms with E-state index in [0.29, 0.717) is 11.8 Å². The fourth-order valence-electron chi connectivity index (χ4n) is 2.07. The van der Waals surface area contributed by atoms with Gasteiger partial charge in [-0.15, -0.1) is 0 Å². The maximum atomic E-state index is 10.4. The van der Waals surface area contributed by atoms with Crippen LogP contribution in [0.4, 0.5) is 0 Å². The minimum Gasteiger partial charge on any atom is -0.370 e. The van der Waals surface area contributed by atoms with Crippen LogP contribution >= 0.6 is 0 Å². The molecule has 4 N–H and O–H groups in total. The van der Waals surface area contributed by atoms with Crippen molar-refractivity contribution in [2.45, 2.75) is 19.9 Å². The van der Waals surface area contributed by atoms with Gasteiger partial charge in [0.25, 0.3) is 0 Å². The van der Waals surface area contributed by atoms with Gasteiger partial charge < -0.3 is 21.2 Å². The van der Waals surface area contributed by atoms with E-state index in [0.717, 1.165) is 11.8 Å². The zero-order valence-electron chi connectivity index (χ0n) is 11.1. The summed E-state index contributed by atoms with van der Waals surface area (Å²) in [6.07, 6.45) is 2.74. The Morgan fingerprint density at radius 2 is 2.26 bits per heavy atom. The number of nitrogens with one attached hydrogen (secondary N) is 2. The average Bonchev–Trinajstić information content (AvgIpc) is 2.39. The van der Waals surface area contributed by atoms with E-state index in [1.807, 2.05) is 18.2 Å². The van der Waals surface area contributed by atoms with Crippen LogP contribution in [-0.4, -0.2) is 18.8 Å². The van der Waals surface area contributed by atoms with E-state index in [4.69, 9.17) is 5.73 Å². The van der Waals surface area contributed by atoms with Gasteiger partial charge in [-0.1, -0.05) is 18.2 Å². The first-order valence-corrected chi connectivity index (χ1v) is 6.17. The summed E-state index contributed by atoms with van der Waals surface area (Å²) in [5, 5.41) is 5.86. The molecular formula is C14H18N4O. The molecule has 1 heterocycles. The van der Waals surface area contributed by atoms with Crippen LogP contribution in [0, 0.1) is 13.8 Å². The SMILES string of the molecule is Cc1cccc(C2C=C(NCC=O)NC(N)=N2)c1C. The van der Waals surface area contributed by atoms with Gasteiger partial charge in [0.2, 0.25) is 0 Å². The number of benzene rings is 1. The topological polar surface area (TPSA) is 79.5 Å². The van der Waals surface area contributed by atoms with E-state index < -0.39 is 0 Å². The molecular weight excluding hydrogens is 240 g/mol. The van der Waals surface area contributed by atoms with Crippen molar-refractivity contribution in [2.75, 3.05) is 6.54 Å². The Bertz CT molecular complexity index is 548. The lowest BCUT2D eigenvalue weighted by molar-refractivity contribution is -0.107. The lowest BCUT2D eigenvalue weighted by atomic mass is 9.97. The number of hydrogen-bond donors (Lipinski definition) is 3. The minimum absolute atomic E-state index is 0.129. The molecule has 0 fully saturated rings. The fraction of sp³-hybridized carbons (Fsp3) is 0.286. The van der Waals surface area contributed by atoms with Gasteiger partial charge in [0.05, 0.1) is 6.54 Å². The van der Waals surface area contributed by atoms with Crippen LogP contribution in [0.3, 0.4) is 0 Å². The zero-order valence-corrected chi connectivity index (χ0v) is 11.1. The normalized spacial score (nSPS) is 18.1. The molecule has 0 bridgehead atoms. The van der Waals surface area contributed by atoms with Crippen LogP contribution in [0.1, 0.15) is 22.7 Å². The molecule has 1 aromatic rings. The first-order chi connectivity index (χ1) is 9.11. The first kappa shape index (κ1) is 13.1. The van der Waals surface area contributed by atoms with Gasteiger partial charge >= 0.3 is 0 Å². The Morgan fingerprint density at radius 3 is 3.00 bits per heavy atom. The number of aldehydes is 1. The van der Waals surface area contributed by atoms with E-state index >= 15 is 0 Å². The van der Waals surface area contributed by atoms with E-state index in [1.54, 1.807) is 0 Å². The summed E-state index contributed by atoms with van der Waals surface area (Å²) >= 11 is 0. The second kappa shape index (κ2) is 5.56. The Morgan fingerprint density at radius 1 is 1.47 bits per heavy atom. The Balaban J connectivity index is 2.31. The van der Waals surface area contributed by atoms with Crippen molar-refractivity contribution in [2.24, 2.45) is 10.7 Å². The number of nitrogens with zero attached hydrogens (tertiary/aromatic N) is 1. The molecule has 1 aliphatic heterocycles. The van der Waals surface area contributed by atoms with Crippen molar-refractivity contribution < 1.29 is 4.79 Å². The summed E-state index contributed by atoms with van der Waals surface area (Å²) in [6.45, 7) is 4.39. The molecule has 1 aliphatic rings. The maximum Gasteiger partial charge on any atom is 0.195 e. The molecule has 19 heavy (non-hydrogen) atoms. The van der Waals surface area contributed by atoms with E-state index in [-0.39, 0.29) is 12.6 Å². The summed E-state index contributed by atoms with van der Waals surface area (Å²) < 4.78 is 0. The van der Waals surface area contributed by atoms with Gasteiger partial charge in [-0.25, -0.2) is 4.99 Å². The fourth-order valence-corrected chi connectivity index (χ4v) is 2.07. The number of carbonyl (C=O) groups is 1. The number of nitrogens with two attached hydrogens (primary N) is 1. The third-order valence-corrected chi connectivity index (χ3v) is 3.21. The molecule has 1 aromatic carbocycles. The smallest absolute Gasteiger partial charge is 0.195 e. The van der Waals surface area contributed by atoms with Gasteiger partial charge in [0, 0.05) is 0 Å². The molecule has 2 rings (SSSR count). The van der Waals surface area contributed by atoms with Crippen molar-refractivity contribution in [3.05, 3.63) is 46.8 Å². The van der Waals surface area contributed by atoms with Crippen molar-refractivity contribution in [3.63, 3.8) is 0 Å². The van der Waals surface area contributed by atoms with E-state index in [9.17, 15) is 4.79 Å². The summed E-state index contributed by atoms with van der Waals surface area (Å²) in [4.78, 5) is 14.8. The lowest BCUT2D eigenvalue weighted by Gasteiger charge is -2.22. The quantitative estimate of drug-likeness (QED) is 0.701. The van der Waals surface area contributed by atoms with Gasteiger partial charge in [-0.05, 0) is 36.6 Å². The molecule has 0 aromatic heterocycles. The first-order valence-electron chi connectivity index (χ1n) is 6.17. The summed E-state index contributed by atoms with van der Waals surface area (Å²) in [6, 6.07) is 6.00. The molecule has 5 heteroatoms. The maximum absolute atomic E-state index is 10.4. The standard InChI is InChI=1S/C14H18N4O/c1-9-4-3-5-11(10(9)2)12-8-13(16-6-7-19)18-14(15)17-12/h3-5,7-8,12,16H,6H2,1-2H3,(H3,15,17,18). The summed E-state index contributed by atoms with van der Waals surface area (Å²) in [5.74, 6) is 1.06. The molecule has 1 atom stereocenters. The zero-order chi connectivity index (χ0) is 13.8. The number of aryl methyl sites for hydroxylation is 1. The average molecular weight is 258 g/mol. The molecule has 0 spiro atoms. The monoisotopic (exact) mass is 258 g/mol. The highest BCUT2D eigenvalue weighted by Gasteiger charge is 2.17. The van der Waals surface area contributed by atoms with Gasteiger partial charge in [0.1, 0.15) is 18.1 Å². The number of rotatable bonds is 4. The molecule has 0 aliphatic carbocycles. The number of guanidine groups is 1. The van der Waals surface area contributed by atoms with Crippen molar-refractivity contribution in [3.8, 4) is 0 Å². The van der Waals surface area contributed by atoms with E-state index in [2.05, 4.69) is 35.5 Å². The second-order valence-electron chi connectivity index (χ2n) is 4.50. The summed E-state index contributed by atoms with van der Waals surface area (Å²) in [5.41, 5.74) is 9.33. The van der Waals surface area contributed by atoms with E-state index in [1.165, 1.54) is 11.1 Å². The molecule has 0 radical (unpaired) electrons. The second-order valence-corrected chi connectivity index (χ2v) is 4.50. The van der Waals surface area contributed by atoms with Crippen molar-refractivity contribution in [1.29, 1.82) is 0 Å². The third-order valence-electron chi connectivity index (χ3n) is 3.21. The van der Waals surface area contributed by atoms with Crippen molar-refractivity contribution >= 4 is 12.2 Å². The molecule has 100 valence electrons. The van der Waals surface area contributed by atoms with Crippen LogP contribution in [0.5, 0.6) is 0 Å². The van der Waals surface area contributed by atoms with Gasteiger partial charge in [-0.3, -0.25) is 0 Å². The van der Waals surface area contributed by atoms with Gasteiger partial charge in [0.15, 0.2) is 5.96 Å². The Hall–Kier alpha value is -2.30. The molecule has 0 saturated carbocycles. The minimum atomic E-state index is -0.129. The largest absolute Gasteiger partial charge is 0.370 e. The molecule has 5 nitrogen and oxygen atoms in total. The number of carbonyl (C=O) groups excluding carboxylic acids is 1. The van der Waals surface area contributed by atoms with Crippen molar-refractivity contribution in [1.82, 2.24) is 10.6 Å². The van der Waals surface area contributed by atoms with Gasteiger partial charge in [-0.2, -0.15) is 0 Å². The third kappa shape index (κ3) is 2.93. The van der Waals surface area contributed by atoms with Crippen LogP contribution < -0.4 is 16.4 Å². The molecule has 0 saturated heterocycles. The highest BCUT2D eigenvalue weighted by Crippen LogP contribution is 2.26. The predicted molar refractivity (Wildman–Crippen MR) is 75.6 cm³/mol. The Labute approximate surface area is 112 Å².